The van der Waals surface area contributed by atoms with E-state index in [1.54, 1.807) is 6.07 Å². The molecule has 24 heavy (non-hydrogen) atoms. The summed E-state index contributed by atoms with van der Waals surface area (Å²) in [5.74, 6) is -0.0258. The third-order valence-electron chi connectivity index (χ3n) is 4.40. The van der Waals surface area contributed by atoms with Crippen molar-refractivity contribution < 1.29 is 17.9 Å². The Bertz CT molecular complexity index is 682. The Hall–Kier alpha value is -1.60. The van der Waals surface area contributed by atoms with Gasteiger partial charge in [0.05, 0.1) is 7.11 Å². The van der Waals surface area contributed by atoms with Crippen molar-refractivity contribution in [1.29, 1.82) is 0 Å². The second kappa shape index (κ2) is 7.98. The maximum absolute atomic E-state index is 12.3. The summed E-state index contributed by atoms with van der Waals surface area (Å²) in [5.41, 5.74) is 0.321. The maximum atomic E-state index is 12.3. The van der Waals surface area contributed by atoms with E-state index < -0.39 is 9.84 Å². The second-order valence-electron chi connectivity index (χ2n) is 6.29. The van der Waals surface area contributed by atoms with Crippen LogP contribution in [-0.4, -0.2) is 58.3 Å². The number of nitrogens with zero attached hydrogens (tertiary/aromatic N) is 1. The molecule has 1 fully saturated rings. The number of hydrogen-bond donors (Lipinski definition) is 1. The van der Waals surface area contributed by atoms with Gasteiger partial charge in [-0.15, -0.1) is 0 Å². The summed E-state index contributed by atoms with van der Waals surface area (Å²) in [7, 11) is -2.06. The number of amides is 1. The van der Waals surface area contributed by atoms with Gasteiger partial charge in [0.15, 0.2) is 9.84 Å². The predicted octanol–water partition coefficient (Wildman–Crippen LogP) is 1.70. The number of carbonyl (C=O) groups is 1. The molecule has 1 aliphatic rings. The first-order valence-corrected chi connectivity index (χ1v) is 10.1. The number of benzene rings is 1. The van der Waals surface area contributed by atoms with E-state index in [1.807, 2.05) is 0 Å². The fourth-order valence-corrected chi connectivity index (χ4v) is 3.80. The lowest BCUT2D eigenvalue weighted by Crippen LogP contribution is -2.44. The number of methoxy groups -OCH3 is 1. The van der Waals surface area contributed by atoms with Crippen molar-refractivity contribution in [3.05, 3.63) is 23.8 Å². The molecule has 1 aliphatic heterocycles. The molecule has 1 aromatic rings. The van der Waals surface area contributed by atoms with Crippen LogP contribution in [0.1, 0.15) is 36.5 Å². The monoisotopic (exact) mass is 354 g/mol. The SMILES string of the molecule is COc1ccc(C(=O)NCC(C)N2CCCCC2)cc1S(C)(=O)=O. The van der Waals surface area contributed by atoms with Gasteiger partial charge in [-0.3, -0.25) is 9.69 Å². The number of hydrogen-bond acceptors (Lipinski definition) is 5. The van der Waals surface area contributed by atoms with Gasteiger partial charge in [0.1, 0.15) is 10.6 Å². The average Bonchev–Trinajstić information content (AvgIpc) is 2.58. The first-order chi connectivity index (χ1) is 11.3. The molecule has 1 aromatic carbocycles. The highest BCUT2D eigenvalue weighted by molar-refractivity contribution is 7.90. The van der Waals surface area contributed by atoms with Gasteiger partial charge in [0.25, 0.3) is 5.91 Å². The molecule has 1 saturated heterocycles. The molecule has 7 heteroatoms. The fraction of sp³-hybridized carbons (Fsp3) is 0.588. The normalized spacial score (nSPS) is 17.3. The summed E-state index contributed by atoms with van der Waals surface area (Å²) in [6.45, 7) is 4.77. The molecule has 1 amide bonds. The molecular formula is C17H26N2O4S. The van der Waals surface area contributed by atoms with Gasteiger partial charge in [0.2, 0.25) is 0 Å². The Morgan fingerprint density at radius 2 is 1.96 bits per heavy atom. The van der Waals surface area contributed by atoms with Gasteiger partial charge in [-0.05, 0) is 51.1 Å². The van der Waals surface area contributed by atoms with Crippen molar-refractivity contribution in [2.45, 2.75) is 37.1 Å². The van der Waals surface area contributed by atoms with E-state index in [0.29, 0.717) is 12.1 Å². The summed E-state index contributed by atoms with van der Waals surface area (Å²) in [6.07, 6.45) is 4.78. The van der Waals surface area contributed by atoms with Crippen LogP contribution in [0.3, 0.4) is 0 Å². The third-order valence-corrected chi connectivity index (χ3v) is 5.52. The summed E-state index contributed by atoms with van der Waals surface area (Å²) in [5, 5.41) is 2.90. The lowest BCUT2D eigenvalue weighted by Gasteiger charge is -2.32. The van der Waals surface area contributed by atoms with Crippen molar-refractivity contribution >= 4 is 15.7 Å². The largest absolute Gasteiger partial charge is 0.495 e. The number of nitrogens with one attached hydrogen (secondary N) is 1. The molecule has 0 aromatic heterocycles. The van der Waals surface area contributed by atoms with Crippen LogP contribution in [0, 0.1) is 0 Å². The Kier molecular flexibility index (Phi) is 6.23. The number of likely N-dealkylation sites (tertiary alicyclic amines) is 1. The molecule has 0 saturated carbocycles. The molecular weight excluding hydrogens is 328 g/mol. The molecule has 0 spiro atoms. The third kappa shape index (κ3) is 4.70. The molecule has 0 aliphatic carbocycles. The van der Waals surface area contributed by atoms with Gasteiger partial charge in [-0.25, -0.2) is 8.42 Å². The standard InChI is InChI=1S/C17H26N2O4S/c1-13(19-9-5-4-6-10-19)12-18-17(20)14-7-8-15(23-2)16(11-14)24(3,21)22/h7-8,11,13H,4-6,9-10,12H2,1-3H3,(H,18,20). The highest BCUT2D eigenvalue weighted by Gasteiger charge is 2.20. The van der Waals surface area contributed by atoms with Crippen molar-refractivity contribution in [3.8, 4) is 5.75 Å². The van der Waals surface area contributed by atoms with Gasteiger partial charge < -0.3 is 10.1 Å². The van der Waals surface area contributed by atoms with E-state index in [-0.39, 0.29) is 22.6 Å². The van der Waals surface area contributed by atoms with Crippen molar-refractivity contribution in [3.63, 3.8) is 0 Å². The lowest BCUT2D eigenvalue weighted by atomic mass is 10.1. The van der Waals surface area contributed by atoms with E-state index in [0.717, 1.165) is 19.3 Å². The zero-order valence-electron chi connectivity index (χ0n) is 14.5. The topological polar surface area (TPSA) is 75.7 Å². The molecule has 1 heterocycles. The molecule has 1 unspecified atom stereocenters. The molecule has 0 radical (unpaired) electrons. The highest BCUT2D eigenvalue weighted by Crippen LogP contribution is 2.24. The highest BCUT2D eigenvalue weighted by atomic mass is 32.2. The van der Waals surface area contributed by atoms with Crippen LogP contribution in [0.4, 0.5) is 0 Å². The first-order valence-electron chi connectivity index (χ1n) is 8.23. The summed E-state index contributed by atoms with van der Waals surface area (Å²) < 4.78 is 28.7. The van der Waals surface area contributed by atoms with E-state index in [4.69, 9.17) is 4.74 Å². The molecule has 1 N–H and O–H groups in total. The number of ether oxygens (including phenoxy) is 1. The maximum Gasteiger partial charge on any atom is 0.251 e. The fourth-order valence-electron chi connectivity index (χ4n) is 2.94. The van der Waals surface area contributed by atoms with E-state index in [9.17, 15) is 13.2 Å². The second-order valence-corrected chi connectivity index (χ2v) is 8.28. The smallest absolute Gasteiger partial charge is 0.251 e. The van der Waals surface area contributed by atoms with Crippen LogP contribution in [0.2, 0.25) is 0 Å². The van der Waals surface area contributed by atoms with Crippen LogP contribution in [0.15, 0.2) is 23.1 Å². The Balaban J connectivity index is 2.04. The van der Waals surface area contributed by atoms with Crippen LogP contribution in [-0.2, 0) is 9.84 Å². The number of carbonyl (C=O) groups excluding carboxylic acids is 1. The van der Waals surface area contributed by atoms with E-state index in [2.05, 4.69) is 17.1 Å². The minimum absolute atomic E-state index is 0.0294. The van der Waals surface area contributed by atoms with Crippen LogP contribution >= 0.6 is 0 Å². The zero-order chi connectivity index (χ0) is 17.7. The van der Waals surface area contributed by atoms with Gasteiger partial charge in [-0.1, -0.05) is 6.42 Å². The Morgan fingerprint density at radius 1 is 1.29 bits per heavy atom. The Morgan fingerprint density at radius 3 is 2.54 bits per heavy atom. The Labute approximate surface area is 144 Å². The van der Waals surface area contributed by atoms with E-state index >= 15 is 0 Å². The minimum atomic E-state index is -3.46. The molecule has 134 valence electrons. The van der Waals surface area contributed by atoms with Crippen LogP contribution < -0.4 is 10.1 Å². The summed E-state index contributed by atoms with van der Waals surface area (Å²) >= 11 is 0. The number of sulfone groups is 1. The summed E-state index contributed by atoms with van der Waals surface area (Å²) in [4.78, 5) is 14.7. The van der Waals surface area contributed by atoms with Gasteiger partial charge in [-0.2, -0.15) is 0 Å². The van der Waals surface area contributed by atoms with E-state index in [1.165, 1.54) is 38.5 Å². The summed E-state index contributed by atoms with van der Waals surface area (Å²) in [6, 6.07) is 4.73. The zero-order valence-corrected chi connectivity index (χ0v) is 15.4. The molecule has 2 rings (SSSR count). The minimum Gasteiger partial charge on any atom is -0.495 e. The van der Waals surface area contributed by atoms with Crippen molar-refractivity contribution in [1.82, 2.24) is 10.2 Å². The quantitative estimate of drug-likeness (QED) is 0.841. The number of rotatable bonds is 6. The van der Waals surface area contributed by atoms with Crippen LogP contribution in [0.5, 0.6) is 5.75 Å². The van der Waals surface area contributed by atoms with Crippen molar-refractivity contribution in [2.24, 2.45) is 0 Å². The molecule has 1 atom stereocenters. The molecule has 6 nitrogen and oxygen atoms in total. The van der Waals surface area contributed by atoms with Gasteiger partial charge >= 0.3 is 0 Å². The first kappa shape index (κ1) is 18.7. The molecule has 0 bridgehead atoms. The van der Waals surface area contributed by atoms with Crippen molar-refractivity contribution in [2.75, 3.05) is 33.0 Å². The predicted molar refractivity (Wildman–Crippen MR) is 93.3 cm³/mol. The number of piperidine rings is 1. The van der Waals surface area contributed by atoms with Crippen LogP contribution in [0.25, 0.3) is 0 Å². The van der Waals surface area contributed by atoms with Gasteiger partial charge in [0, 0.05) is 24.4 Å². The lowest BCUT2D eigenvalue weighted by molar-refractivity contribution is 0.0929. The average molecular weight is 354 g/mol.